The molecule has 0 fully saturated rings. The molecule has 1 N–H and O–H groups in total. The molecule has 0 unspecified atom stereocenters. The summed E-state index contributed by atoms with van der Waals surface area (Å²) in [5.74, 6) is -0.0537. The molecule has 0 atom stereocenters. The summed E-state index contributed by atoms with van der Waals surface area (Å²) >= 11 is 1.68. The van der Waals surface area contributed by atoms with Gasteiger partial charge in [0.15, 0.2) is 0 Å². The number of benzene rings is 1. The number of nitrogens with one attached hydrogen (secondary N) is 1. The molecule has 32 heavy (non-hydrogen) atoms. The van der Waals surface area contributed by atoms with Crippen molar-refractivity contribution in [3.8, 4) is 0 Å². The average Bonchev–Trinajstić information content (AvgIpc) is 3.29. The van der Waals surface area contributed by atoms with Gasteiger partial charge in [0, 0.05) is 40.3 Å². The van der Waals surface area contributed by atoms with Gasteiger partial charge in [0.2, 0.25) is 0 Å². The quantitative estimate of drug-likeness (QED) is 0.263. The number of carbonyl (C=O) groups excluding carboxylic acids is 1. The zero-order chi connectivity index (χ0) is 23.3. The van der Waals surface area contributed by atoms with Crippen LogP contribution in [0.1, 0.15) is 64.2 Å². The summed E-state index contributed by atoms with van der Waals surface area (Å²) in [5.41, 5.74) is 4.63. The molecule has 3 nitrogen and oxygen atoms in total. The number of fused-ring (bicyclic) bond motifs is 1. The van der Waals surface area contributed by atoms with Gasteiger partial charge in [-0.05, 0) is 62.6 Å². The van der Waals surface area contributed by atoms with Crippen LogP contribution >= 0.6 is 11.9 Å². The lowest BCUT2D eigenvalue weighted by Gasteiger charge is -2.00. The van der Waals surface area contributed by atoms with Crippen molar-refractivity contribution in [1.29, 1.82) is 0 Å². The minimum atomic E-state index is -0.0537. The van der Waals surface area contributed by atoms with E-state index >= 15 is 0 Å². The van der Waals surface area contributed by atoms with Crippen LogP contribution in [0.15, 0.2) is 78.0 Å². The molecule has 168 valence electrons. The first-order valence-corrected chi connectivity index (χ1v) is 11.9. The fourth-order valence-electron chi connectivity index (χ4n) is 3.21. The van der Waals surface area contributed by atoms with Gasteiger partial charge in [0.05, 0.1) is 0 Å². The minimum absolute atomic E-state index is 0.0537. The lowest BCUT2D eigenvalue weighted by Crippen LogP contribution is -2.03. The molecule has 0 radical (unpaired) electrons. The van der Waals surface area contributed by atoms with Gasteiger partial charge in [-0.3, -0.25) is 8.77 Å². The van der Waals surface area contributed by atoms with Crippen molar-refractivity contribution in [2.24, 2.45) is 0 Å². The van der Waals surface area contributed by atoms with Crippen molar-refractivity contribution in [2.45, 2.75) is 47.5 Å². The number of amides is 1. The highest BCUT2D eigenvalue weighted by Crippen LogP contribution is 2.34. The fraction of sp³-hybridized carbons (Fsp3) is 0.250. The van der Waals surface area contributed by atoms with E-state index in [1.165, 1.54) is 4.91 Å². The molecule has 0 saturated heterocycles. The first-order chi connectivity index (χ1) is 15.5. The van der Waals surface area contributed by atoms with E-state index in [2.05, 4.69) is 66.8 Å². The lowest BCUT2D eigenvalue weighted by atomic mass is 10.0. The largest absolute Gasteiger partial charge is 0.321 e. The van der Waals surface area contributed by atoms with Gasteiger partial charge in [-0.1, -0.05) is 74.6 Å². The molecule has 0 spiro atoms. The molecule has 1 aromatic carbocycles. The molecule has 0 aliphatic carbocycles. The Balaban J connectivity index is 0.000000654. The molecule has 1 aliphatic heterocycles. The molecular formula is C28H34N2OS. The summed E-state index contributed by atoms with van der Waals surface area (Å²) in [6.07, 6.45) is 22.8. The summed E-state index contributed by atoms with van der Waals surface area (Å²) in [6, 6.07) is 7.80. The predicted molar refractivity (Wildman–Crippen MR) is 143 cm³/mol. The van der Waals surface area contributed by atoms with Crippen molar-refractivity contribution >= 4 is 41.3 Å². The Kier molecular flexibility index (Phi) is 10.6. The number of hydrogen-bond acceptors (Lipinski definition) is 2. The highest BCUT2D eigenvalue weighted by Gasteiger charge is 2.23. The Labute approximate surface area is 197 Å². The van der Waals surface area contributed by atoms with E-state index < -0.39 is 0 Å². The van der Waals surface area contributed by atoms with Crippen molar-refractivity contribution in [1.82, 2.24) is 3.97 Å². The average molecular weight is 447 g/mol. The first kappa shape index (κ1) is 25.3. The minimum Gasteiger partial charge on any atom is -0.321 e. The molecule has 2 heterocycles. The predicted octanol–water partition coefficient (Wildman–Crippen LogP) is 8.35. The van der Waals surface area contributed by atoms with Gasteiger partial charge in [0.1, 0.15) is 0 Å². The van der Waals surface area contributed by atoms with Crippen LogP contribution in [-0.2, 0) is 4.79 Å². The maximum Gasteiger partial charge on any atom is 0.256 e. The number of aromatic nitrogens is 1. The van der Waals surface area contributed by atoms with E-state index in [1.54, 1.807) is 11.9 Å². The number of rotatable bonds is 7. The monoisotopic (exact) mass is 446 g/mol. The lowest BCUT2D eigenvalue weighted by molar-refractivity contribution is -0.110. The summed E-state index contributed by atoms with van der Waals surface area (Å²) in [7, 11) is 0. The van der Waals surface area contributed by atoms with Gasteiger partial charge in [-0.2, -0.15) is 0 Å². The second kappa shape index (κ2) is 13.4. The Morgan fingerprint density at radius 1 is 1.03 bits per heavy atom. The highest BCUT2D eigenvalue weighted by atomic mass is 32.2. The van der Waals surface area contributed by atoms with Gasteiger partial charge in [-0.25, -0.2) is 0 Å². The number of hydrogen-bond donors (Lipinski definition) is 1. The van der Waals surface area contributed by atoms with Crippen LogP contribution < -0.4 is 5.32 Å². The standard InChI is InChI=1S/C23H24N2OS.C5H10/c1-4-6-7-11-18-15-25(27-17(3)10-5-2)16-19(18)14-21-20-12-8-9-13-22(20)24-23(21)26;1-3-5-4-2/h4,6-16H,5H2,1-3H3,(H,24,26);3,5H,4H2,1-2H3/b6-4-,11-7-,17-10+,21-14-;5-3-. The number of allylic oxidation sites excluding steroid dienone is 7. The van der Waals surface area contributed by atoms with E-state index in [4.69, 9.17) is 0 Å². The van der Waals surface area contributed by atoms with Crippen LogP contribution in [0.3, 0.4) is 0 Å². The first-order valence-electron chi connectivity index (χ1n) is 11.1. The van der Waals surface area contributed by atoms with Crippen LogP contribution in [0.25, 0.3) is 17.7 Å². The SMILES string of the molecule is C/C=C\C=C/c1cn(S/C(C)=C/CC)cc1/C=C1\C(=O)Nc2ccccc21.C/C=C\CC. The van der Waals surface area contributed by atoms with Crippen LogP contribution in [0, 0.1) is 0 Å². The molecule has 4 heteroatoms. The summed E-state index contributed by atoms with van der Waals surface area (Å²) in [5, 5.41) is 2.94. The zero-order valence-electron chi connectivity index (χ0n) is 19.8. The van der Waals surface area contributed by atoms with Crippen molar-refractivity contribution in [3.05, 3.63) is 94.7 Å². The summed E-state index contributed by atoms with van der Waals surface area (Å²) in [6.45, 7) is 10.4. The van der Waals surface area contributed by atoms with Crippen LogP contribution in [0.4, 0.5) is 5.69 Å². The Morgan fingerprint density at radius 3 is 2.44 bits per heavy atom. The normalized spacial score (nSPS) is 15.0. The second-order valence-electron chi connectivity index (χ2n) is 7.26. The topological polar surface area (TPSA) is 34.0 Å². The van der Waals surface area contributed by atoms with E-state index in [-0.39, 0.29) is 5.91 Å². The van der Waals surface area contributed by atoms with Gasteiger partial charge >= 0.3 is 0 Å². The third kappa shape index (κ3) is 7.31. The molecule has 0 bridgehead atoms. The van der Waals surface area contributed by atoms with E-state index in [1.807, 2.05) is 62.4 Å². The van der Waals surface area contributed by atoms with Crippen LogP contribution in [0.2, 0.25) is 0 Å². The zero-order valence-corrected chi connectivity index (χ0v) is 20.6. The maximum absolute atomic E-state index is 12.4. The van der Waals surface area contributed by atoms with E-state index in [0.29, 0.717) is 5.57 Å². The van der Waals surface area contributed by atoms with Gasteiger partial charge in [-0.15, -0.1) is 0 Å². The summed E-state index contributed by atoms with van der Waals surface area (Å²) in [4.78, 5) is 13.7. The number of para-hydroxylation sites is 1. The third-order valence-corrected chi connectivity index (χ3v) is 5.54. The van der Waals surface area contributed by atoms with E-state index in [0.717, 1.165) is 35.2 Å². The Bertz CT molecular complexity index is 1050. The third-order valence-electron chi connectivity index (χ3n) is 4.67. The molecule has 1 aliphatic rings. The summed E-state index contributed by atoms with van der Waals surface area (Å²) < 4.78 is 2.10. The Morgan fingerprint density at radius 2 is 1.78 bits per heavy atom. The van der Waals surface area contributed by atoms with E-state index in [9.17, 15) is 4.79 Å². The van der Waals surface area contributed by atoms with Gasteiger partial charge < -0.3 is 5.32 Å². The molecule has 1 aromatic heterocycles. The number of nitrogens with zero attached hydrogens (tertiary/aromatic N) is 1. The van der Waals surface area contributed by atoms with Crippen LogP contribution in [0.5, 0.6) is 0 Å². The molecule has 0 saturated carbocycles. The molecule has 3 rings (SSSR count). The molecular weight excluding hydrogens is 412 g/mol. The number of carbonyl (C=O) groups is 1. The Hall–Kier alpha value is -2.98. The fourth-order valence-corrected chi connectivity index (χ4v) is 4.11. The smallest absolute Gasteiger partial charge is 0.256 e. The number of anilines is 1. The molecule has 2 aromatic rings. The second-order valence-corrected chi connectivity index (χ2v) is 8.51. The van der Waals surface area contributed by atoms with Crippen molar-refractivity contribution < 1.29 is 4.79 Å². The maximum atomic E-state index is 12.4. The van der Waals surface area contributed by atoms with Crippen molar-refractivity contribution in [3.63, 3.8) is 0 Å². The van der Waals surface area contributed by atoms with Gasteiger partial charge in [0.25, 0.3) is 5.91 Å². The van der Waals surface area contributed by atoms with Crippen LogP contribution in [-0.4, -0.2) is 9.88 Å². The van der Waals surface area contributed by atoms with Crippen molar-refractivity contribution in [2.75, 3.05) is 5.32 Å². The highest BCUT2D eigenvalue weighted by molar-refractivity contribution is 8.01. The molecule has 1 amide bonds.